The number of nitrogens with one attached hydrogen (secondary N) is 1. The summed E-state index contributed by atoms with van der Waals surface area (Å²) in [7, 11) is 0. The van der Waals surface area contributed by atoms with Crippen molar-refractivity contribution in [1.29, 1.82) is 0 Å². The Hall–Kier alpha value is -2.56. The lowest BCUT2D eigenvalue weighted by molar-refractivity contribution is -0.275. The molecule has 1 N–H and O–H groups in total. The molecule has 8 heteroatoms. The topological polar surface area (TPSA) is 56.8 Å². The van der Waals surface area contributed by atoms with Crippen molar-refractivity contribution in [3.63, 3.8) is 0 Å². The van der Waals surface area contributed by atoms with Gasteiger partial charge in [-0.3, -0.25) is 0 Å². The zero-order valence-electron chi connectivity index (χ0n) is 13.5. The maximum Gasteiger partial charge on any atom is 0.573 e. The fraction of sp³-hybridized carbons (Fsp3) is 0.438. The van der Waals surface area contributed by atoms with Crippen LogP contribution in [-0.2, 0) is 4.74 Å². The van der Waals surface area contributed by atoms with Gasteiger partial charge in [0.1, 0.15) is 12.2 Å². The number of alkyl carbamates (subject to hydrolysis) is 1. The minimum absolute atomic E-state index is 0.0284. The Morgan fingerprint density at radius 1 is 1.25 bits per heavy atom. The summed E-state index contributed by atoms with van der Waals surface area (Å²) in [5, 5.41) is 2.42. The van der Waals surface area contributed by atoms with Gasteiger partial charge in [0, 0.05) is 5.56 Å². The lowest BCUT2D eigenvalue weighted by Crippen LogP contribution is -2.34. The molecule has 0 spiro atoms. The number of halogens is 3. The van der Waals surface area contributed by atoms with Gasteiger partial charge in [-0.2, -0.15) is 0 Å². The molecule has 0 unspecified atom stereocenters. The SMILES string of the molecule is C#Cc1ccc(OC(F)(F)F)c(OCCNC(=O)OC(C)(C)C)c1. The number of benzene rings is 1. The molecule has 0 bridgehead atoms. The standard InChI is InChI=1S/C16H18F3NO4/c1-5-11-6-7-12(23-16(17,18)19)13(10-11)22-9-8-20-14(21)24-15(2,3)4/h1,6-7,10H,8-9H2,2-4H3,(H,20,21). The Kier molecular flexibility index (Phi) is 6.35. The van der Waals surface area contributed by atoms with E-state index in [2.05, 4.69) is 16.0 Å². The normalized spacial score (nSPS) is 11.4. The second-order valence-corrected chi connectivity index (χ2v) is 5.63. The van der Waals surface area contributed by atoms with Gasteiger partial charge in [-0.15, -0.1) is 19.6 Å². The third kappa shape index (κ3) is 7.63. The lowest BCUT2D eigenvalue weighted by atomic mass is 10.2. The summed E-state index contributed by atoms with van der Waals surface area (Å²) in [6.45, 7) is 5.04. The van der Waals surface area contributed by atoms with Crippen LogP contribution in [0.1, 0.15) is 26.3 Å². The van der Waals surface area contributed by atoms with Crippen LogP contribution in [0.4, 0.5) is 18.0 Å². The molecule has 0 aliphatic heterocycles. The number of terminal acetylenes is 1. The molecule has 1 amide bonds. The molecule has 0 fully saturated rings. The fourth-order valence-corrected chi connectivity index (χ4v) is 1.55. The summed E-state index contributed by atoms with van der Waals surface area (Å²) in [6.07, 6.45) is -0.307. The molecule has 0 aromatic heterocycles. The minimum atomic E-state index is -4.86. The van der Waals surface area contributed by atoms with Crippen LogP contribution in [0.15, 0.2) is 18.2 Å². The molecule has 1 rings (SSSR count). The van der Waals surface area contributed by atoms with E-state index in [0.29, 0.717) is 5.56 Å². The van der Waals surface area contributed by atoms with Crippen molar-refractivity contribution in [1.82, 2.24) is 5.32 Å². The molecule has 0 aliphatic rings. The van der Waals surface area contributed by atoms with E-state index in [1.165, 1.54) is 12.1 Å². The Balaban J connectivity index is 2.63. The van der Waals surface area contributed by atoms with Crippen LogP contribution in [0.2, 0.25) is 0 Å². The lowest BCUT2D eigenvalue weighted by Gasteiger charge is -2.20. The van der Waals surface area contributed by atoms with Crippen molar-refractivity contribution in [3.8, 4) is 23.8 Å². The smallest absolute Gasteiger partial charge is 0.488 e. The van der Waals surface area contributed by atoms with E-state index in [1.807, 2.05) is 0 Å². The van der Waals surface area contributed by atoms with Crippen LogP contribution in [0.5, 0.6) is 11.5 Å². The zero-order valence-corrected chi connectivity index (χ0v) is 13.5. The molecular weight excluding hydrogens is 327 g/mol. The summed E-state index contributed by atoms with van der Waals surface area (Å²) in [5.41, 5.74) is -0.320. The van der Waals surface area contributed by atoms with Crippen LogP contribution >= 0.6 is 0 Å². The zero-order chi connectivity index (χ0) is 18.4. The highest BCUT2D eigenvalue weighted by atomic mass is 19.4. The molecule has 132 valence electrons. The number of hydrogen-bond donors (Lipinski definition) is 1. The van der Waals surface area contributed by atoms with Crippen LogP contribution in [0, 0.1) is 12.3 Å². The number of rotatable bonds is 5. The highest BCUT2D eigenvalue weighted by Crippen LogP contribution is 2.32. The molecular formula is C16H18F3NO4. The van der Waals surface area contributed by atoms with Gasteiger partial charge in [0.05, 0.1) is 6.54 Å². The van der Waals surface area contributed by atoms with Crippen LogP contribution in [-0.4, -0.2) is 31.2 Å². The first-order chi connectivity index (χ1) is 11.0. The summed E-state index contributed by atoms with van der Waals surface area (Å²) in [5.74, 6) is 1.60. The summed E-state index contributed by atoms with van der Waals surface area (Å²) >= 11 is 0. The first kappa shape index (κ1) is 19.5. The van der Waals surface area contributed by atoms with Crippen molar-refractivity contribution >= 4 is 6.09 Å². The average molecular weight is 345 g/mol. The molecule has 1 aromatic carbocycles. The molecule has 0 atom stereocenters. The van der Waals surface area contributed by atoms with Gasteiger partial charge in [-0.1, -0.05) is 5.92 Å². The number of carbonyl (C=O) groups excluding carboxylic acids is 1. The van der Waals surface area contributed by atoms with Gasteiger partial charge in [-0.25, -0.2) is 4.79 Å². The summed E-state index contributed by atoms with van der Waals surface area (Å²) in [6, 6.07) is 3.61. The fourth-order valence-electron chi connectivity index (χ4n) is 1.55. The third-order valence-electron chi connectivity index (χ3n) is 2.36. The van der Waals surface area contributed by atoms with Gasteiger partial charge < -0.3 is 19.5 Å². The molecule has 0 aliphatic carbocycles. The van der Waals surface area contributed by atoms with Gasteiger partial charge in [0.25, 0.3) is 0 Å². The van der Waals surface area contributed by atoms with E-state index in [0.717, 1.165) is 6.07 Å². The Morgan fingerprint density at radius 3 is 2.46 bits per heavy atom. The first-order valence-electron chi connectivity index (χ1n) is 6.96. The van der Waals surface area contributed by atoms with E-state index in [4.69, 9.17) is 15.9 Å². The van der Waals surface area contributed by atoms with Crippen LogP contribution in [0.3, 0.4) is 0 Å². The molecule has 1 aromatic rings. The Morgan fingerprint density at radius 2 is 1.92 bits per heavy atom. The van der Waals surface area contributed by atoms with E-state index >= 15 is 0 Å². The predicted octanol–water partition coefficient (Wildman–Crippen LogP) is 3.47. The average Bonchev–Trinajstić information content (AvgIpc) is 2.41. The van der Waals surface area contributed by atoms with E-state index in [1.54, 1.807) is 20.8 Å². The molecule has 0 heterocycles. The van der Waals surface area contributed by atoms with Crippen molar-refractivity contribution in [3.05, 3.63) is 23.8 Å². The minimum Gasteiger partial charge on any atom is -0.488 e. The second-order valence-electron chi connectivity index (χ2n) is 5.63. The highest BCUT2D eigenvalue weighted by Gasteiger charge is 2.32. The monoisotopic (exact) mass is 345 g/mol. The Labute approximate surface area is 138 Å². The summed E-state index contributed by atoms with van der Waals surface area (Å²) in [4.78, 5) is 11.4. The molecule has 0 saturated heterocycles. The third-order valence-corrected chi connectivity index (χ3v) is 2.36. The number of alkyl halides is 3. The first-order valence-corrected chi connectivity index (χ1v) is 6.96. The van der Waals surface area contributed by atoms with Crippen molar-refractivity contribution in [2.75, 3.05) is 13.2 Å². The van der Waals surface area contributed by atoms with Gasteiger partial charge in [0.15, 0.2) is 11.5 Å². The van der Waals surface area contributed by atoms with Crippen LogP contribution in [0.25, 0.3) is 0 Å². The van der Waals surface area contributed by atoms with Crippen molar-refractivity contribution in [2.45, 2.75) is 32.7 Å². The maximum atomic E-state index is 12.4. The van der Waals surface area contributed by atoms with Gasteiger partial charge in [-0.05, 0) is 39.0 Å². The Bertz CT molecular complexity index is 615. The number of hydrogen-bond acceptors (Lipinski definition) is 4. The van der Waals surface area contributed by atoms with Crippen molar-refractivity contribution in [2.24, 2.45) is 0 Å². The van der Waals surface area contributed by atoms with Crippen molar-refractivity contribution < 1.29 is 32.2 Å². The highest BCUT2D eigenvalue weighted by molar-refractivity contribution is 5.67. The predicted molar refractivity (Wildman–Crippen MR) is 80.8 cm³/mol. The van der Waals surface area contributed by atoms with Gasteiger partial charge in [0.2, 0.25) is 0 Å². The van der Waals surface area contributed by atoms with Crippen LogP contribution < -0.4 is 14.8 Å². The van der Waals surface area contributed by atoms with E-state index in [-0.39, 0.29) is 18.9 Å². The number of carbonyl (C=O) groups is 1. The van der Waals surface area contributed by atoms with Gasteiger partial charge >= 0.3 is 12.5 Å². The number of amides is 1. The largest absolute Gasteiger partial charge is 0.573 e. The molecule has 0 saturated carbocycles. The summed E-state index contributed by atoms with van der Waals surface area (Å²) < 4.78 is 51.2. The maximum absolute atomic E-state index is 12.4. The second kappa shape index (κ2) is 7.81. The van der Waals surface area contributed by atoms with E-state index < -0.39 is 23.8 Å². The quantitative estimate of drug-likeness (QED) is 0.656. The van der Waals surface area contributed by atoms with E-state index in [9.17, 15) is 18.0 Å². The molecule has 0 radical (unpaired) electrons. The molecule has 24 heavy (non-hydrogen) atoms. The number of ether oxygens (including phenoxy) is 3. The molecule has 5 nitrogen and oxygen atoms in total.